The molecule has 74 valence electrons. The first-order valence-electron chi connectivity index (χ1n) is 4.47. The van der Waals surface area contributed by atoms with Crippen LogP contribution >= 0.6 is 11.3 Å². The summed E-state index contributed by atoms with van der Waals surface area (Å²) in [6.07, 6.45) is 0. The van der Waals surface area contributed by atoms with Crippen LogP contribution in [0.25, 0.3) is 0 Å². The second-order valence-electron chi connectivity index (χ2n) is 3.45. The zero-order valence-corrected chi connectivity index (χ0v) is 9.40. The van der Waals surface area contributed by atoms with E-state index in [-0.39, 0.29) is 12.1 Å². The second-order valence-corrected chi connectivity index (χ2v) is 4.66. The van der Waals surface area contributed by atoms with Gasteiger partial charge in [0.15, 0.2) is 5.13 Å². The maximum absolute atomic E-state index is 5.74. The van der Waals surface area contributed by atoms with Crippen LogP contribution in [-0.2, 0) is 0 Å². The number of thiazole rings is 1. The first-order chi connectivity index (χ1) is 6.00. The van der Waals surface area contributed by atoms with Crippen LogP contribution in [0.15, 0.2) is 0 Å². The standard InChI is InChI=1S/C9H17N3S/c1-5(10)6(2)11-9-12-7(3)8(4)13-9/h5-6H,10H2,1-4H3,(H,11,12). The molecule has 0 aliphatic rings. The molecule has 0 bridgehead atoms. The fraction of sp³-hybridized carbons (Fsp3) is 0.667. The second kappa shape index (κ2) is 4.07. The normalized spacial score (nSPS) is 15.5. The molecule has 2 unspecified atom stereocenters. The number of nitrogens with two attached hydrogens (primary N) is 1. The number of anilines is 1. The van der Waals surface area contributed by atoms with Crippen LogP contribution in [0.4, 0.5) is 5.13 Å². The molecule has 1 rings (SSSR count). The van der Waals surface area contributed by atoms with Crippen molar-refractivity contribution in [2.45, 2.75) is 39.8 Å². The average Bonchev–Trinajstić information content (AvgIpc) is 2.31. The number of aryl methyl sites for hydroxylation is 2. The van der Waals surface area contributed by atoms with Crippen molar-refractivity contribution in [1.82, 2.24) is 4.98 Å². The first-order valence-corrected chi connectivity index (χ1v) is 5.28. The van der Waals surface area contributed by atoms with Gasteiger partial charge in [0.05, 0.1) is 5.69 Å². The Balaban J connectivity index is 2.64. The maximum atomic E-state index is 5.74. The van der Waals surface area contributed by atoms with Crippen LogP contribution in [0.5, 0.6) is 0 Å². The quantitative estimate of drug-likeness (QED) is 0.782. The lowest BCUT2D eigenvalue weighted by atomic mass is 10.2. The average molecular weight is 199 g/mol. The molecular weight excluding hydrogens is 182 g/mol. The molecule has 3 nitrogen and oxygen atoms in total. The Bertz CT molecular complexity index is 261. The highest BCUT2D eigenvalue weighted by molar-refractivity contribution is 7.15. The molecule has 4 heteroatoms. The lowest BCUT2D eigenvalue weighted by Gasteiger charge is -2.16. The molecule has 0 aliphatic carbocycles. The van der Waals surface area contributed by atoms with Crippen molar-refractivity contribution in [3.05, 3.63) is 10.6 Å². The topological polar surface area (TPSA) is 50.9 Å². The highest BCUT2D eigenvalue weighted by atomic mass is 32.1. The molecule has 0 amide bonds. The van der Waals surface area contributed by atoms with Gasteiger partial charge in [-0.1, -0.05) is 0 Å². The van der Waals surface area contributed by atoms with Crippen LogP contribution < -0.4 is 11.1 Å². The molecule has 2 atom stereocenters. The lowest BCUT2D eigenvalue weighted by Crippen LogP contribution is -2.35. The SMILES string of the molecule is Cc1nc(NC(C)C(C)N)sc1C. The van der Waals surface area contributed by atoms with E-state index in [2.05, 4.69) is 24.1 Å². The third-order valence-electron chi connectivity index (χ3n) is 2.17. The van der Waals surface area contributed by atoms with Crippen molar-refractivity contribution < 1.29 is 0 Å². The molecule has 1 heterocycles. The lowest BCUT2D eigenvalue weighted by molar-refractivity contribution is 0.638. The summed E-state index contributed by atoms with van der Waals surface area (Å²) in [5.74, 6) is 0. The zero-order chi connectivity index (χ0) is 10.0. The summed E-state index contributed by atoms with van der Waals surface area (Å²) in [5, 5.41) is 4.26. The van der Waals surface area contributed by atoms with Gasteiger partial charge in [-0.15, -0.1) is 11.3 Å². The molecule has 0 radical (unpaired) electrons. The number of nitrogens with one attached hydrogen (secondary N) is 1. The van der Waals surface area contributed by atoms with Gasteiger partial charge >= 0.3 is 0 Å². The summed E-state index contributed by atoms with van der Waals surface area (Å²) in [4.78, 5) is 5.65. The summed E-state index contributed by atoms with van der Waals surface area (Å²) in [6, 6.07) is 0.412. The minimum absolute atomic E-state index is 0.143. The third-order valence-corrected chi connectivity index (χ3v) is 3.17. The Morgan fingerprint density at radius 3 is 2.38 bits per heavy atom. The van der Waals surface area contributed by atoms with Crippen molar-refractivity contribution in [2.75, 3.05) is 5.32 Å². The van der Waals surface area contributed by atoms with E-state index in [1.807, 2.05) is 13.8 Å². The molecule has 0 saturated heterocycles. The number of aromatic nitrogens is 1. The van der Waals surface area contributed by atoms with E-state index < -0.39 is 0 Å². The van der Waals surface area contributed by atoms with Gasteiger partial charge in [0.25, 0.3) is 0 Å². The van der Waals surface area contributed by atoms with Gasteiger partial charge in [0, 0.05) is 17.0 Å². The predicted octanol–water partition coefficient (Wildman–Crippen LogP) is 1.91. The third kappa shape index (κ3) is 2.67. The van der Waals surface area contributed by atoms with E-state index in [0.717, 1.165) is 10.8 Å². The van der Waals surface area contributed by atoms with Crippen LogP contribution in [0.2, 0.25) is 0 Å². The van der Waals surface area contributed by atoms with Crippen molar-refractivity contribution in [3.8, 4) is 0 Å². The Labute approximate surface area is 83.4 Å². The molecule has 3 N–H and O–H groups in total. The highest BCUT2D eigenvalue weighted by Crippen LogP contribution is 2.21. The van der Waals surface area contributed by atoms with E-state index in [9.17, 15) is 0 Å². The molecule has 0 aliphatic heterocycles. The fourth-order valence-electron chi connectivity index (χ4n) is 0.861. The summed E-state index contributed by atoms with van der Waals surface area (Å²) >= 11 is 1.68. The Kier molecular flexibility index (Phi) is 3.27. The van der Waals surface area contributed by atoms with Crippen molar-refractivity contribution in [3.63, 3.8) is 0 Å². The maximum Gasteiger partial charge on any atom is 0.183 e. The molecule has 1 aromatic rings. The van der Waals surface area contributed by atoms with Gasteiger partial charge in [-0.25, -0.2) is 4.98 Å². The zero-order valence-electron chi connectivity index (χ0n) is 8.59. The van der Waals surface area contributed by atoms with Crippen LogP contribution in [-0.4, -0.2) is 17.1 Å². The monoisotopic (exact) mass is 199 g/mol. The van der Waals surface area contributed by atoms with Crippen molar-refractivity contribution in [1.29, 1.82) is 0 Å². The molecule has 0 aromatic carbocycles. The molecule has 0 spiro atoms. The summed E-state index contributed by atoms with van der Waals surface area (Å²) < 4.78 is 0. The molecular formula is C9H17N3S. The number of nitrogens with zero attached hydrogens (tertiary/aromatic N) is 1. The predicted molar refractivity (Wildman–Crippen MR) is 58.3 cm³/mol. The van der Waals surface area contributed by atoms with E-state index >= 15 is 0 Å². The van der Waals surface area contributed by atoms with Crippen molar-refractivity contribution in [2.24, 2.45) is 5.73 Å². The Morgan fingerprint density at radius 1 is 1.38 bits per heavy atom. The first kappa shape index (κ1) is 10.5. The van der Waals surface area contributed by atoms with E-state index in [1.165, 1.54) is 4.88 Å². The van der Waals surface area contributed by atoms with Gasteiger partial charge in [-0.3, -0.25) is 0 Å². The fourth-order valence-corrected chi connectivity index (χ4v) is 1.77. The minimum atomic E-state index is 0.143. The van der Waals surface area contributed by atoms with Crippen LogP contribution in [0.1, 0.15) is 24.4 Å². The molecule has 0 saturated carbocycles. The van der Waals surface area contributed by atoms with Gasteiger partial charge in [0.1, 0.15) is 0 Å². The largest absolute Gasteiger partial charge is 0.358 e. The Hall–Kier alpha value is -0.610. The van der Waals surface area contributed by atoms with Gasteiger partial charge in [-0.2, -0.15) is 0 Å². The minimum Gasteiger partial charge on any atom is -0.358 e. The van der Waals surface area contributed by atoms with Gasteiger partial charge in [-0.05, 0) is 27.7 Å². The number of rotatable bonds is 3. The van der Waals surface area contributed by atoms with Gasteiger partial charge in [0.2, 0.25) is 0 Å². The molecule has 13 heavy (non-hydrogen) atoms. The summed E-state index contributed by atoms with van der Waals surface area (Å²) in [5.41, 5.74) is 6.84. The van der Waals surface area contributed by atoms with E-state index in [1.54, 1.807) is 11.3 Å². The smallest absolute Gasteiger partial charge is 0.183 e. The molecule has 1 aromatic heterocycles. The highest BCUT2D eigenvalue weighted by Gasteiger charge is 2.09. The van der Waals surface area contributed by atoms with Crippen LogP contribution in [0.3, 0.4) is 0 Å². The molecule has 0 fully saturated rings. The van der Waals surface area contributed by atoms with Crippen LogP contribution in [0, 0.1) is 13.8 Å². The van der Waals surface area contributed by atoms with E-state index in [0.29, 0.717) is 0 Å². The Morgan fingerprint density at radius 2 is 2.00 bits per heavy atom. The number of hydrogen-bond donors (Lipinski definition) is 2. The van der Waals surface area contributed by atoms with E-state index in [4.69, 9.17) is 5.73 Å². The summed E-state index contributed by atoms with van der Waals surface area (Å²) in [6.45, 7) is 8.16. The summed E-state index contributed by atoms with van der Waals surface area (Å²) in [7, 11) is 0. The van der Waals surface area contributed by atoms with Crippen molar-refractivity contribution >= 4 is 16.5 Å². The van der Waals surface area contributed by atoms with Gasteiger partial charge < -0.3 is 11.1 Å². The number of hydrogen-bond acceptors (Lipinski definition) is 4.